The van der Waals surface area contributed by atoms with Gasteiger partial charge in [-0.05, 0) is 122 Å². The predicted molar refractivity (Wildman–Crippen MR) is 261 cm³/mol. The Morgan fingerprint density at radius 1 is 0.746 bits per heavy atom. The number of halogens is 2. The van der Waals surface area contributed by atoms with Gasteiger partial charge >= 0.3 is 29.2 Å². The van der Waals surface area contributed by atoms with E-state index in [2.05, 4.69) is 40.6 Å². The molecular formula is C47H60F2N10O10S2. The standard InChI is InChI=1S/C23H28FN5O3.C19H22FN5O.C5H10O2.2O2S/c1-13(2)31-23(30)29-15-5-6-16(29)10-17(9-15)32-22-18(11-25)21(26-12-27-22)28-20-7-4-14(3)8-19(20)24;1-11-2-5-17(16(20)6-11)25-18-15(9-21)19(23-10-22-18)26-14-7-12-3-4-13(8-14)24-12;1-5(2,3)7-4-6;2*1-3-2/h4,7-8,11-13,15-17,25H,5-6,9-10H2,1-3H3,(H,26,27,28);2,5-6,9-10,12-14,21,24H,3-4,7-8H2,1H3,(H,22,23,25);4H,1-3H3;;. The van der Waals surface area contributed by atoms with Crippen LogP contribution in [0, 0.1) is 36.3 Å². The maximum Gasteiger partial charge on any atom is 0.410 e. The predicted octanol–water partition coefficient (Wildman–Crippen LogP) is 7.53. The van der Waals surface area contributed by atoms with Crippen molar-refractivity contribution >= 4 is 71.1 Å². The molecule has 0 radical (unpaired) electrons. The lowest BCUT2D eigenvalue weighted by atomic mass is 10.0. The summed E-state index contributed by atoms with van der Waals surface area (Å²) in [7, 11) is 0. The second-order valence-corrected chi connectivity index (χ2v) is 18.4. The van der Waals surface area contributed by atoms with Gasteiger partial charge in [0.25, 0.3) is 6.47 Å². The zero-order valence-electron chi connectivity index (χ0n) is 40.4. The van der Waals surface area contributed by atoms with Crippen molar-refractivity contribution in [1.82, 2.24) is 30.2 Å². The van der Waals surface area contributed by atoms with E-state index in [1.807, 2.05) is 59.4 Å². The van der Waals surface area contributed by atoms with Crippen molar-refractivity contribution in [2.45, 2.75) is 148 Å². The molecule has 2 aromatic heterocycles. The highest BCUT2D eigenvalue weighted by molar-refractivity contribution is 7.51. The van der Waals surface area contributed by atoms with Gasteiger partial charge in [-0.2, -0.15) is 16.8 Å². The first-order valence-electron chi connectivity index (χ1n) is 22.7. The minimum absolute atomic E-state index is 0.0644. The largest absolute Gasteiger partial charge is 0.474 e. The van der Waals surface area contributed by atoms with Crippen molar-refractivity contribution in [3.63, 3.8) is 0 Å². The van der Waals surface area contributed by atoms with Crippen LogP contribution in [-0.2, 0) is 37.4 Å². The lowest BCUT2D eigenvalue weighted by molar-refractivity contribution is -0.138. The molecule has 4 aromatic rings. The number of hydrogen-bond donors (Lipinski definition) is 5. The van der Waals surface area contributed by atoms with E-state index in [4.69, 9.17) is 41.9 Å². The number of hydrogen-bond acceptors (Lipinski definition) is 19. The number of amides is 1. The Morgan fingerprint density at radius 2 is 1.17 bits per heavy atom. The molecule has 20 nitrogen and oxygen atoms in total. The van der Waals surface area contributed by atoms with E-state index in [-0.39, 0.29) is 59.5 Å². The third kappa shape index (κ3) is 17.3. The third-order valence-electron chi connectivity index (χ3n) is 11.4. The summed E-state index contributed by atoms with van der Waals surface area (Å²) in [6, 6.07) is 10.9. The molecule has 0 aliphatic carbocycles. The minimum Gasteiger partial charge on any atom is -0.474 e. The molecule has 0 spiro atoms. The van der Waals surface area contributed by atoms with E-state index >= 15 is 0 Å². The van der Waals surface area contributed by atoms with Gasteiger partial charge in [0.15, 0.2) is 0 Å². The quantitative estimate of drug-likeness (QED) is 0.0677. The smallest absolute Gasteiger partial charge is 0.410 e. The summed E-state index contributed by atoms with van der Waals surface area (Å²) in [5.41, 5.74) is 2.68. The Morgan fingerprint density at radius 3 is 1.52 bits per heavy atom. The fourth-order valence-corrected chi connectivity index (χ4v) is 8.45. The maximum absolute atomic E-state index is 14.3. The molecule has 4 saturated heterocycles. The van der Waals surface area contributed by atoms with Crippen LogP contribution < -0.4 is 25.4 Å². The SMILES string of the molecule is CC(C)(C)OC=O.Cc1ccc(Nc2ncnc(OC3CC4CCC(C3)N4)c2C=N)c(F)c1.Cc1ccc(Nc2ncnc(OC3CC4CCC(C3)N4C(=O)OC(C)C)c2C=N)c(F)c1.O=S=O.O=S=O. The van der Waals surface area contributed by atoms with Crippen LogP contribution in [0.15, 0.2) is 49.1 Å². The molecular weight excluding hydrogens is 967 g/mol. The number of carbonyl (C=O) groups excluding carboxylic acids is 2. The highest BCUT2D eigenvalue weighted by Crippen LogP contribution is 2.39. The summed E-state index contributed by atoms with van der Waals surface area (Å²) in [5, 5.41) is 25.1. The number of ether oxygens (including phenoxy) is 4. The topological polar surface area (TPSA) is 278 Å². The number of piperidine rings is 2. The van der Waals surface area contributed by atoms with Crippen LogP contribution in [-0.4, -0.2) is 115 Å². The van der Waals surface area contributed by atoms with Crippen LogP contribution in [0.1, 0.15) is 108 Å². The molecule has 24 heteroatoms. The number of benzene rings is 2. The van der Waals surface area contributed by atoms with Crippen molar-refractivity contribution in [2.24, 2.45) is 0 Å². The Hall–Kier alpha value is -6.66. The van der Waals surface area contributed by atoms with E-state index in [0.717, 1.165) is 49.2 Å². The number of nitrogens with zero attached hydrogens (tertiary/aromatic N) is 5. The van der Waals surface area contributed by atoms with Gasteiger partial charge in [0.2, 0.25) is 11.8 Å². The summed E-state index contributed by atoms with van der Waals surface area (Å²) >= 11 is -1.50. The molecule has 4 unspecified atom stereocenters. The fraction of sp³-hybridized carbons (Fsp3) is 0.489. The summed E-state index contributed by atoms with van der Waals surface area (Å²) in [4.78, 5) is 40.7. The summed E-state index contributed by atoms with van der Waals surface area (Å²) < 4.78 is 83.8. The van der Waals surface area contributed by atoms with E-state index in [0.29, 0.717) is 65.7 Å². The first-order valence-corrected chi connectivity index (χ1v) is 24.0. The van der Waals surface area contributed by atoms with E-state index in [9.17, 15) is 18.4 Å². The average molecular weight is 1030 g/mol. The van der Waals surface area contributed by atoms with Crippen LogP contribution >= 0.6 is 0 Å². The number of rotatable bonds is 12. The van der Waals surface area contributed by atoms with Crippen molar-refractivity contribution in [3.05, 3.63) is 82.9 Å². The normalized spacial score (nSPS) is 20.2. The lowest BCUT2D eigenvalue weighted by Crippen LogP contribution is -2.50. The number of nitrogens with one attached hydrogen (secondary N) is 5. The molecule has 71 heavy (non-hydrogen) atoms. The van der Waals surface area contributed by atoms with Gasteiger partial charge in [0.1, 0.15) is 53.7 Å². The average Bonchev–Trinajstić information content (AvgIpc) is 3.79. The van der Waals surface area contributed by atoms with Crippen LogP contribution in [0.25, 0.3) is 0 Å². The molecule has 4 fully saturated rings. The summed E-state index contributed by atoms with van der Waals surface area (Å²) in [5.74, 6) is 0.540. The van der Waals surface area contributed by atoms with Crippen LogP contribution in [0.3, 0.4) is 0 Å². The molecule has 2 aromatic carbocycles. The van der Waals surface area contributed by atoms with Crippen LogP contribution in [0.2, 0.25) is 0 Å². The van der Waals surface area contributed by atoms with E-state index in [1.165, 1.54) is 37.6 Å². The Kier molecular flexibility index (Phi) is 22.2. The Bertz CT molecular complexity index is 2490. The maximum atomic E-state index is 14.3. The van der Waals surface area contributed by atoms with Gasteiger partial charge in [-0.25, -0.2) is 33.5 Å². The van der Waals surface area contributed by atoms with Gasteiger partial charge < -0.3 is 50.6 Å². The molecule has 4 bridgehead atoms. The molecule has 384 valence electrons. The van der Waals surface area contributed by atoms with Crippen molar-refractivity contribution in [2.75, 3.05) is 10.6 Å². The molecule has 0 saturated carbocycles. The molecule has 4 atom stereocenters. The lowest BCUT2D eigenvalue weighted by Gasteiger charge is -2.38. The van der Waals surface area contributed by atoms with Gasteiger partial charge in [0.05, 0.1) is 28.6 Å². The number of carbonyl (C=O) groups is 2. The summed E-state index contributed by atoms with van der Waals surface area (Å²) in [6.07, 6.45) is 11.9. The Balaban J connectivity index is 0.000000251. The van der Waals surface area contributed by atoms with Crippen molar-refractivity contribution in [1.29, 1.82) is 10.8 Å². The highest BCUT2D eigenvalue weighted by Gasteiger charge is 2.45. The molecule has 4 aliphatic rings. The molecule has 1 amide bonds. The summed E-state index contributed by atoms with van der Waals surface area (Å²) in [6.45, 7) is 13.3. The zero-order valence-corrected chi connectivity index (χ0v) is 42.1. The monoisotopic (exact) mass is 1030 g/mol. The fourth-order valence-electron chi connectivity index (χ4n) is 8.45. The molecule has 8 rings (SSSR count). The molecule has 6 heterocycles. The first kappa shape index (κ1) is 56.9. The number of fused-ring (bicyclic) bond motifs is 4. The molecule has 4 aliphatic heterocycles. The van der Waals surface area contributed by atoms with Gasteiger partial charge in [0, 0.05) is 49.4 Å². The zero-order chi connectivity index (χ0) is 52.3. The highest BCUT2D eigenvalue weighted by atomic mass is 32.1. The number of anilines is 4. The minimum atomic E-state index is -0.750. The van der Waals surface area contributed by atoms with Gasteiger partial charge in [-0.1, -0.05) is 12.1 Å². The van der Waals surface area contributed by atoms with E-state index < -0.39 is 29.0 Å². The van der Waals surface area contributed by atoms with Crippen LogP contribution in [0.5, 0.6) is 11.8 Å². The van der Waals surface area contributed by atoms with Crippen LogP contribution in [0.4, 0.5) is 36.6 Å². The van der Waals surface area contributed by atoms with Gasteiger partial charge in [-0.3, -0.25) is 4.79 Å². The van der Waals surface area contributed by atoms with Gasteiger partial charge in [-0.15, -0.1) is 0 Å². The molecule has 5 N–H and O–H groups in total. The second kappa shape index (κ2) is 27.7. The number of aromatic nitrogens is 4. The number of aryl methyl sites for hydroxylation is 2. The third-order valence-corrected chi connectivity index (χ3v) is 11.4. The Labute approximate surface area is 418 Å². The first-order chi connectivity index (χ1) is 33.9. The van der Waals surface area contributed by atoms with Crippen molar-refractivity contribution < 1.29 is 54.2 Å². The van der Waals surface area contributed by atoms with Crippen molar-refractivity contribution in [3.8, 4) is 11.8 Å². The second-order valence-electron chi connectivity index (χ2n) is 18.1. The van der Waals surface area contributed by atoms with E-state index in [1.54, 1.807) is 18.2 Å².